The Kier molecular flexibility index (Phi) is 6.50. The van der Waals surface area contributed by atoms with Gasteiger partial charge in [0.2, 0.25) is 21.8 Å². The molecule has 0 saturated carbocycles. The highest BCUT2D eigenvalue weighted by molar-refractivity contribution is 7.89. The Morgan fingerprint density at radius 1 is 1.13 bits per heavy atom. The van der Waals surface area contributed by atoms with E-state index in [2.05, 4.69) is 5.32 Å². The van der Waals surface area contributed by atoms with Gasteiger partial charge in [-0.2, -0.15) is 9.57 Å². The van der Waals surface area contributed by atoms with Crippen LogP contribution in [0.1, 0.15) is 19.3 Å². The fraction of sp³-hybridized carbons (Fsp3) is 0.286. The molecule has 0 spiro atoms. The summed E-state index contributed by atoms with van der Waals surface area (Å²) in [6.07, 6.45) is 0.525. The molecule has 1 aliphatic rings. The van der Waals surface area contributed by atoms with Gasteiger partial charge >= 0.3 is 0 Å². The minimum Gasteiger partial charge on any atom is -0.370 e. The summed E-state index contributed by atoms with van der Waals surface area (Å²) in [5.41, 5.74) is 6.93. The summed E-state index contributed by atoms with van der Waals surface area (Å²) in [4.78, 5) is 23.7. The van der Waals surface area contributed by atoms with Crippen molar-refractivity contribution in [3.63, 3.8) is 0 Å². The summed E-state index contributed by atoms with van der Waals surface area (Å²) in [6, 6.07) is 15.8. The van der Waals surface area contributed by atoms with Crippen molar-refractivity contribution in [1.82, 2.24) is 9.62 Å². The van der Waals surface area contributed by atoms with E-state index in [0.717, 1.165) is 15.4 Å². The molecule has 2 amide bonds. The van der Waals surface area contributed by atoms with Crippen LogP contribution in [0.2, 0.25) is 0 Å². The number of carbonyl (C=O) groups is 2. The maximum atomic E-state index is 13.1. The summed E-state index contributed by atoms with van der Waals surface area (Å²) in [6.45, 7) is 0.202. The van der Waals surface area contributed by atoms with Crippen molar-refractivity contribution in [1.29, 1.82) is 5.26 Å². The zero-order chi connectivity index (χ0) is 21.7. The second kappa shape index (κ2) is 9.07. The normalized spacial score (nSPS) is 17.8. The number of nitrogens with one attached hydrogen (secondary N) is 1. The number of amides is 2. The summed E-state index contributed by atoms with van der Waals surface area (Å²) in [5.74, 6) is -1.33. The lowest BCUT2D eigenvalue weighted by Gasteiger charge is -2.24. The van der Waals surface area contributed by atoms with E-state index >= 15 is 0 Å². The fourth-order valence-electron chi connectivity index (χ4n) is 3.47. The number of nitrogens with zero attached hydrogens (tertiary/aromatic N) is 2. The lowest BCUT2D eigenvalue weighted by atomic mass is 10.1. The van der Waals surface area contributed by atoms with Gasteiger partial charge in [-0.15, -0.1) is 0 Å². The third-order valence-electron chi connectivity index (χ3n) is 4.95. The molecule has 2 atom stereocenters. The Morgan fingerprint density at radius 3 is 2.37 bits per heavy atom. The number of hydrogen-bond donors (Lipinski definition) is 2. The van der Waals surface area contributed by atoms with Crippen molar-refractivity contribution in [3.05, 3.63) is 54.6 Å². The van der Waals surface area contributed by atoms with E-state index in [4.69, 9.17) is 11.0 Å². The molecular weight excluding hydrogens is 404 g/mol. The zero-order valence-corrected chi connectivity index (χ0v) is 17.0. The van der Waals surface area contributed by atoms with E-state index in [1.807, 2.05) is 30.3 Å². The van der Waals surface area contributed by atoms with Crippen LogP contribution in [0.15, 0.2) is 59.5 Å². The number of nitrogens with two attached hydrogens (primary N) is 1. The minimum absolute atomic E-state index is 0.0934. The van der Waals surface area contributed by atoms with Gasteiger partial charge in [-0.25, -0.2) is 8.42 Å². The molecule has 1 saturated heterocycles. The molecule has 1 fully saturated rings. The zero-order valence-electron chi connectivity index (χ0n) is 16.2. The molecule has 1 heterocycles. The Hall–Kier alpha value is -3.22. The van der Waals surface area contributed by atoms with E-state index in [9.17, 15) is 18.0 Å². The predicted molar refractivity (Wildman–Crippen MR) is 110 cm³/mol. The van der Waals surface area contributed by atoms with Crippen LogP contribution in [-0.2, 0) is 19.6 Å². The van der Waals surface area contributed by atoms with Crippen LogP contribution in [0.3, 0.4) is 0 Å². The third kappa shape index (κ3) is 4.67. The Balaban J connectivity index is 1.78. The van der Waals surface area contributed by atoms with Crippen molar-refractivity contribution in [3.8, 4) is 17.2 Å². The molecule has 2 aromatic rings. The van der Waals surface area contributed by atoms with Crippen LogP contribution < -0.4 is 11.1 Å². The molecular formula is C21H22N4O4S. The molecule has 156 valence electrons. The Labute approximate surface area is 175 Å². The minimum atomic E-state index is -3.90. The molecule has 0 radical (unpaired) electrons. The number of primary amides is 1. The van der Waals surface area contributed by atoms with Crippen LogP contribution in [0, 0.1) is 11.3 Å². The second-order valence-electron chi connectivity index (χ2n) is 7.02. The first-order valence-electron chi connectivity index (χ1n) is 9.48. The van der Waals surface area contributed by atoms with E-state index in [0.29, 0.717) is 12.8 Å². The average Bonchev–Trinajstić information content (AvgIpc) is 3.25. The average molecular weight is 426 g/mol. The molecule has 0 aliphatic carbocycles. The van der Waals surface area contributed by atoms with E-state index in [1.165, 1.54) is 12.1 Å². The van der Waals surface area contributed by atoms with E-state index in [1.54, 1.807) is 18.2 Å². The monoisotopic (exact) mass is 426 g/mol. The maximum Gasteiger partial charge on any atom is 0.243 e. The lowest BCUT2D eigenvalue weighted by Crippen LogP contribution is -2.49. The number of benzene rings is 2. The molecule has 8 nitrogen and oxygen atoms in total. The SMILES string of the molecule is N#C[C@H](CC(N)=O)NC(=O)[C@@H]1CCCN1S(=O)(=O)c1ccc(-c2ccccc2)cc1. The molecule has 2 aromatic carbocycles. The van der Waals surface area contributed by atoms with Gasteiger partial charge in [0, 0.05) is 6.54 Å². The Morgan fingerprint density at radius 2 is 1.77 bits per heavy atom. The van der Waals surface area contributed by atoms with Crippen molar-refractivity contribution in [2.45, 2.75) is 36.2 Å². The van der Waals surface area contributed by atoms with Gasteiger partial charge in [-0.1, -0.05) is 42.5 Å². The molecule has 0 bridgehead atoms. The van der Waals surface area contributed by atoms with Crippen molar-refractivity contribution in [2.75, 3.05) is 6.54 Å². The molecule has 0 aromatic heterocycles. The third-order valence-corrected chi connectivity index (χ3v) is 6.87. The standard InChI is InChI=1S/C21H22N4O4S/c22-14-17(13-20(23)26)24-21(27)19-7-4-12-25(19)30(28,29)18-10-8-16(9-11-18)15-5-2-1-3-6-15/h1-3,5-6,8-11,17,19H,4,7,12-13H2,(H2,23,26)(H,24,27)/t17-,19-/m0/s1. The van der Waals surface area contributed by atoms with Gasteiger partial charge in [0.25, 0.3) is 0 Å². The first-order valence-corrected chi connectivity index (χ1v) is 10.9. The fourth-order valence-corrected chi connectivity index (χ4v) is 5.13. The molecule has 9 heteroatoms. The van der Waals surface area contributed by atoms with Crippen molar-refractivity contribution < 1.29 is 18.0 Å². The topological polar surface area (TPSA) is 133 Å². The smallest absolute Gasteiger partial charge is 0.243 e. The van der Waals surface area contributed by atoms with Crippen LogP contribution in [0.4, 0.5) is 0 Å². The molecule has 30 heavy (non-hydrogen) atoms. The van der Waals surface area contributed by atoms with E-state index in [-0.39, 0.29) is 17.9 Å². The first kappa shape index (κ1) is 21.5. The first-order chi connectivity index (χ1) is 14.3. The van der Waals surface area contributed by atoms with Crippen molar-refractivity contribution >= 4 is 21.8 Å². The highest BCUT2D eigenvalue weighted by atomic mass is 32.2. The number of hydrogen-bond acceptors (Lipinski definition) is 5. The molecule has 3 rings (SSSR count). The quantitative estimate of drug-likeness (QED) is 0.690. The van der Waals surface area contributed by atoms with Crippen molar-refractivity contribution in [2.24, 2.45) is 5.73 Å². The number of rotatable bonds is 7. The number of nitriles is 1. The van der Waals surface area contributed by atoms with Crippen LogP contribution in [-0.4, -0.2) is 43.2 Å². The van der Waals surface area contributed by atoms with Gasteiger partial charge in [0.05, 0.1) is 17.4 Å². The van der Waals surface area contributed by atoms with Crippen LogP contribution in [0.25, 0.3) is 11.1 Å². The van der Waals surface area contributed by atoms with Crippen LogP contribution >= 0.6 is 0 Å². The van der Waals surface area contributed by atoms with Gasteiger partial charge in [0.1, 0.15) is 12.1 Å². The highest BCUT2D eigenvalue weighted by Gasteiger charge is 2.40. The predicted octanol–water partition coefficient (Wildman–Crippen LogP) is 1.39. The molecule has 3 N–H and O–H groups in total. The van der Waals surface area contributed by atoms with Gasteiger partial charge < -0.3 is 11.1 Å². The largest absolute Gasteiger partial charge is 0.370 e. The molecule has 0 unspecified atom stereocenters. The lowest BCUT2D eigenvalue weighted by molar-refractivity contribution is -0.125. The van der Waals surface area contributed by atoms with Gasteiger partial charge in [0.15, 0.2) is 0 Å². The summed E-state index contributed by atoms with van der Waals surface area (Å²) in [5, 5.41) is 11.5. The van der Waals surface area contributed by atoms with Gasteiger partial charge in [-0.3, -0.25) is 9.59 Å². The number of sulfonamides is 1. The Bertz CT molecular complexity index is 1060. The number of carbonyl (C=O) groups excluding carboxylic acids is 2. The maximum absolute atomic E-state index is 13.1. The van der Waals surface area contributed by atoms with Crippen LogP contribution in [0.5, 0.6) is 0 Å². The second-order valence-corrected chi connectivity index (χ2v) is 8.92. The van der Waals surface area contributed by atoms with E-state index < -0.39 is 33.9 Å². The summed E-state index contributed by atoms with van der Waals surface area (Å²) < 4.78 is 27.4. The summed E-state index contributed by atoms with van der Waals surface area (Å²) in [7, 11) is -3.90. The summed E-state index contributed by atoms with van der Waals surface area (Å²) >= 11 is 0. The van der Waals surface area contributed by atoms with Gasteiger partial charge in [-0.05, 0) is 36.1 Å². The highest BCUT2D eigenvalue weighted by Crippen LogP contribution is 2.28. The molecule has 1 aliphatic heterocycles.